The van der Waals surface area contributed by atoms with Crippen LogP contribution in [0.25, 0.3) is 0 Å². The number of ether oxygens (including phenoxy) is 1. The van der Waals surface area contributed by atoms with E-state index in [2.05, 4.69) is 20.6 Å². The van der Waals surface area contributed by atoms with Gasteiger partial charge in [0.05, 0.1) is 18.1 Å². The summed E-state index contributed by atoms with van der Waals surface area (Å²) < 4.78 is 36.1. The highest BCUT2D eigenvalue weighted by molar-refractivity contribution is 5.27. The number of rotatable bonds is 8. The number of nitrogens with zero attached hydrogens (tertiary/aromatic N) is 3. The lowest BCUT2D eigenvalue weighted by atomic mass is 9.86. The molecule has 7 nitrogen and oxygen atoms in total. The highest BCUT2D eigenvalue weighted by atomic mass is 19.3. The third-order valence-corrected chi connectivity index (χ3v) is 6.69. The Hall–Kier alpha value is -2.65. The molecule has 0 bridgehead atoms. The normalized spacial score (nSPS) is 29.3. The standard InChI is InChI=1S/C24H30F2N4O3/c1-14-6-5-7-16(12-14)15(2)18(31)11-10-17-19(32)13-20-23(17)24(25,26)21(33-20)8-3-4-9-22-27-29-30-28-22/h5-8,10-12,15,17-20,23,31-32H,3-4,9,13H2,1-2H3,(H,27,28,29,30)/t15-,17+,18-,19-,20+,23-/m1/s1. The van der Waals surface area contributed by atoms with Gasteiger partial charge in [0.1, 0.15) is 6.10 Å². The van der Waals surface area contributed by atoms with Crippen LogP contribution in [0.1, 0.15) is 49.1 Å². The molecule has 1 aliphatic carbocycles. The number of alkyl halides is 2. The first-order chi connectivity index (χ1) is 15.8. The van der Waals surface area contributed by atoms with Crippen molar-refractivity contribution in [2.45, 2.75) is 69.7 Å². The van der Waals surface area contributed by atoms with Gasteiger partial charge in [-0.25, -0.2) is 0 Å². The summed E-state index contributed by atoms with van der Waals surface area (Å²) in [6, 6.07) is 7.84. The molecule has 0 spiro atoms. The first-order valence-electron chi connectivity index (χ1n) is 11.4. The molecule has 2 aliphatic rings. The Morgan fingerprint density at radius 1 is 1.36 bits per heavy atom. The zero-order chi connectivity index (χ0) is 23.6. The zero-order valence-electron chi connectivity index (χ0n) is 18.7. The fourth-order valence-corrected chi connectivity index (χ4v) is 4.80. The van der Waals surface area contributed by atoms with E-state index in [1.165, 1.54) is 12.2 Å². The van der Waals surface area contributed by atoms with Crippen LogP contribution in [-0.2, 0) is 11.2 Å². The van der Waals surface area contributed by atoms with Gasteiger partial charge in [-0.05, 0) is 31.4 Å². The lowest BCUT2D eigenvalue weighted by molar-refractivity contribution is -0.0273. The van der Waals surface area contributed by atoms with Crippen molar-refractivity contribution in [2.24, 2.45) is 11.8 Å². The Balaban J connectivity index is 1.41. The number of nitrogens with one attached hydrogen (secondary N) is 1. The topological polar surface area (TPSA) is 104 Å². The van der Waals surface area contributed by atoms with Crippen molar-refractivity contribution in [1.29, 1.82) is 0 Å². The molecule has 178 valence electrons. The number of hydrogen-bond donors (Lipinski definition) is 3. The minimum Gasteiger partial charge on any atom is -0.488 e. The number of allylic oxidation sites excluding steroid dienone is 2. The zero-order valence-corrected chi connectivity index (χ0v) is 18.7. The second kappa shape index (κ2) is 9.69. The van der Waals surface area contributed by atoms with Crippen molar-refractivity contribution >= 4 is 0 Å². The van der Waals surface area contributed by atoms with Crippen LogP contribution < -0.4 is 0 Å². The van der Waals surface area contributed by atoms with Gasteiger partial charge in [0.15, 0.2) is 11.6 Å². The molecule has 2 aromatic rings. The number of aliphatic hydroxyl groups excluding tert-OH is 2. The summed E-state index contributed by atoms with van der Waals surface area (Å²) in [6.07, 6.45) is 3.62. The number of aryl methyl sites for hydroxylation is 2. The van der Waals surface area contributed by atoms with Crippen LogP contribution in [0.2, 0.25) is 0 Å². The van der Waals surface area contributed by atoms with E-state index in [9.17, 15) is 10.2 Å². The molecule has 6 atom stereocenters. The van der Waals surface area contributed by atoms with Gasteiger partial charge in [-0.15, -0.1) is 10.2 Å². The van der Waals surface area contributed by atoms with Crippen molar-refractivity contribution in [3.05, 3.63) is 65.2 Å². The van der Waals surface area contributed by atoms with Gasteiger partial charge in [0, 0.05) is 24.7 Å². The van der Waals surface area contributed by atoms with E-state index in [0.717, 1.165) is 11.1 Å². The number of aliphatic hydroxyl groups is 2. The molecule has 1 aromatic carbocycles. The van der Waals surface area contributed by atoms with Crippen molar-refractivity contribution in [3.8, 4) is 0 Å². The van der Waals surface area contributed by atoms with E-state index in [0.29, 0.717) is 25.1 Å². The van der Waals surface area contributed by atoms with Crippen LogP contribution in [-0.4, -0.2) is 55.1 Å². The van der Waals surface area contributed by atoms with Crippen LogP contribution >= 0.6 is 0 Å². The molecular formula is C24H30F2N4O3. The summed E-state index contributed by atoms with van der Waals surface area (Å²) in [5.41, 5.74) is 2.06. The molecule has 1 aromatic heterocycles. The molecule has 1 aliphatic heterocycles. The van der Waals surface area contributed by atoms with Gasteiger partial charge >= 0.3 is 5.92 Å². The minimum absolute atomic E-state index is 0.138. The van der Waals surface area contributed by atoms with Gasteiger partial charge in [0.25, 0.3) is 0 Å². The summed E-state index contributed by atoms with van der Waals surface area (Å²) in [5, 5.41) is 34.6. The van der Waals surface area contributed by atoms with Crippen LogP contribution in [0.3, 0.4) is 0 Å². The van der Waals surface area contributed by atoms with Crippen LogP contribution in [0.5, 0.6) is 0 Å². The first-order valence-corrected chi connectivity index (χ1v) is 11.4. The van der Waals surface area contributed by atoms with E-state index < -0.39 is 36.1 Å². The predicted octanol–water partition coefficient (Wildman–Crippen LogP) is 3.47. The Morgan fingerprint density at radius 2 is 2.18 bits per heavy atom. The van der Waals surface area contributed by atoms with E-state index in [-0.39, 0.29) is 18.1 Å². The Morgan fingerprint density at radius 3 is 2.91 bits per heavy atom. The highest BCUT2D eigenvalue weighted by Gasteiger charge is 2.63. The first kappa shape index (κ1) is 23.5. The number of fused-ring (bicyclic) bond motifs is 1. The lowest BCUT2D eigenvalue weighted by Gasteiger charge is -2.23. The monoisotopic (exact) mass is 460 g/mol. The predicted molar refractivity (Wildman–Crippen MR) is 117 cm³/mol. The molecule has 0 unspecified atom stereocenters. The number of tetrazole rings is 1. The molecular weight excluding hydrogens is 430 g/mol. The van der Waals surface area contributed by atoms with Gasteiger partial charge < -0.3 is 14.9 Å². The Labute approximate surface area is 191 Å². The summed E-state index contributed by atoms with van der Waals surface area (Å²) in [6.45, 7) is 3.87. The van der Waals surface area contributed by atoms with Crippen molar-refractivity contribution in [2.75, 3.05) is 0 Å². The van der Waals surface area contributed by atoms with E-state index in [4.69, 9.17) is 4.74 Å². The lowest BCUT2D eigenvalue weighted by Crippen LogP contribution is -2.33. The third-order valence-electron chi connectivity index (χ3n) is 6.69. The number of H-pyrrole nitrogens is 1. The summed E-state index contributed by atoms with van der Waals surface area (Å²) in [7, 11) is 0. The van der Waals surface area contributed by atoms with Crippen LogP contribution in [0.15, 0.2) is 48.3 Å². The number of aromatic nitrogens is 4. The maximum atomic E-state index is 15.2. The Bertz CT molecular complexity index is 995. The second-order valence-electron chi connectivity index (χ2n) is 9.05. The summed E-state index contributed by atoms with van der Waals surface area (Å²) in [4.78, 5) is 0. The third kappa shape index (κ3) is 4.99. The van der Waals surface area contributed by atoms with E-state index >= 15 is 8.78 Å². The maximum Gasteiger partial charge on any atom is 0.310 e. The number of unbranched alkanes of at least 4 members (excludes halogenated alkanes) is 1. The van der Waals surface area contributed by atoms with Gasteiger partial charge in [-0.1, -0.05) is 54.1 Å². The van der Waals surface area contributed by atoms with E-state index in [1.807, 2.05) is 38.1 Å². The smallest absolute Gasteiger partial charge is 0.310 e. The molecule has 1 saturated carbocycles. The van der Waals surface area contributed by atoms with Crippen molar-refractivity contribution < 1.29 is 23.7 Å². The molecule has 1 saturated heterocycles. The number of benzene rings is 1. The summed E-state index contributed by atoms with van der Waals surface area (Å²) in [5.74, 6) is -5.13. The largest absolute Gasteiger partial charge is 0.488 e. The van der Waals surface area contributed by atoms with Crippen LogP contribution in [0, 0.1) is 18.8 Å². The van der Waals surface area contributed by atoms with Crippen molar-refractivity contribution in [1.82, 2.24) is 20.6 Å². The average Bonchev–Trinajstić information content (AvgIpc) is 3.46. The highest BCUT2D eigenvalue weighted by Crippen LogP contribution is 2.54. The Kier molecular flexibility index (Phi) is 6.90. The van der Waals surface area contributed by atoms with Crippen LogP contribution in [0.4, 0.5) is 8.78 Å². The quantitative estimate of drug-likeness (QED) is 0.412. The van der Waals surface area contributed by atoms with Gasteiger partial charge in [-0.2, -0.15) is 14.0 Å². The van der Waals surface area contributed by atoms with Gasteiger partial charge in [-0.3, -0.25) is 0 Å². The number of aromatic amines is 1. The molecule has 0 radical (unpaired) electrons. The molecule has 2 fully saturated rings. The molecule has 3 N–H and O–H groups in total. The molecule has 4 rings (SSSR count). The summed E-state index contributed by atoms with van der Waals surface area (Å²) >= 11 is 0. The fraction of sp³-hybridized carbons (Fsp3) is 0.542. The molecule has 0 amide bonds. The number of hydrogen-bond acceptors (Lipinski definition) is 6. The van der Waals surface area contributed by atoms with Crippen molar-refractivity contribution in [3.63, 3.8) is 0 Å². The minimum atomic E-state index is -3.18. The SMILES string of the molecule is Cc1cccc([C@@H](C)[C@H](O)C=C[C@@H]2[C@@H]3[C@H](C[C@H]2O)OC(=CCCCc2nn[nH]n2)C3(F)F)c1. The maximum absolute atomic E-state index is 15.2. The molecule has 9 heteroatoms. The number of halogens is 2. The molecule has 2 heterocycles. The van der Waals surface area contributed by atoms with Gasteiger partial charge in [0.2, 0.25) is 0 Å². The fourth-order valence-electron chi connectivity index (χ4n) is 4.80. The molecule has 33 heavy (non-hydrogen) atoms. The second-order valence-corrected chi connectivity index (χ2v) is 9.05. The van der Waals surface area contributed by atoms with E-state index in [1.54, 1.807) is 6.08 Å². The average molecular weight is 461 g/mol.